The van der Waals surface area contributed by atoms with Crippen LogP contribution in [0.2, 0.25) is 0 Å². The van der Waals surface area contributed by atoms with Gasteiger partial charge in [0.25, 0.3) is 0 Å². The minimum atomic E-state index is -3.56. The molecule has 2 aliphatic heterocycles. The second-order valence-electron chi connectivity index (χ2n) is 5.84. The number of benzene rings is 1. The maximum atomic E-state index is 13.2. The fourth-order valence-corrected chi connectivity index (χ4v) is 4.83. The first-order valence-electron chi connectivity index (χ1n) is 7.57. The van der Waals surface area contributed by atoms with Crippen molar-refractivity contribution in [1.29, 1.82) is 0 Å². The molecular weight excluding hydrogens is 291 g/mol. The summed E-state index contributed by atoms with van der Waals surface area (Å²) in [4.78, 5) is 2.54. The van der Waals surface area contributed by atoms with Crippen molar-refractivity contribution in [2.24, 2.45) is 0 Å². The van der Waals surface area contributed by atoms with Crippen LogP contribution in [0.4, 0.5) is 4.39 Å². The summed E-state index contributed by atoms with van der Waals surface area (Å²) in [7, 11) is -3.56. The topological polar surface area (TPSA) is 40.6 Å². The predicted molar refractivity (Wildman–Crippen MR) is 79.0 cm³/mol. The molecule has 116 valence electrons. The fourth-order valence-electron chi connectivity index (χ4n) is 3.33. The normalized spacial score (nSPS) is 22.7. The van der Waals surface area contributed by atoms with Crippen LogP contribution in [0.25, 0.3) is 0 Å². The van der Waals surface area contributed by atoms with Crippen molar-refractivity contribution in [2.75, 3.05) is 26.2 Å². The highest BCUT2D eigenvalue weighted by atomic mass is 32.2. The lowest BCUT2D eigenvalue weighted by Crippen LogP contribution is -2.45. The molecule has 2 fully saturated rings. The number of hydrogen-bond donors (Lipinski definition) is 0. The SMILES string of the molecule is O=S(=O)(c1cccc(F)c1)N1CCC(N2CCCC2)CC1. The molecule has 3 rings (SSSR count). The Morgan fingerprint density at radius 2 is 1.71 bits per heavy atom. The van der Waals surface area contributed by atoms with Gasteiger partial charge < -0.3 is 4.90 Å². The van der Waals surface area contributed by atoms with E-state index in [0.717, 1.165) is 32.0 Å². The van der Waals surface area contributed by atoms with E-state index in [9.17, 15) is 12.8 Å². The van der Waals surface area contributed by atoms with Gasteiger partial charge in [0.2, 0.25) is 10.0 Å². The summed E-state index contributed by atoms with van der Waals surface area (Å²) in [5.41, 5.74) is 0. The van der Waals surface area contributed by atoms with E-state index in [1.807, 2.05) is 0 Å². The van der Waals surface area contributed by atoms with Crippen molar-refractivity contribution >= 4 is 10.0 Å². The lowest BCUT2D eigenvalue weighted by atomic mass is 10.1. The van der Waals surface area contributed by atoms with E-state index >= 15 is 0 Å². The molecule has 2 heterocycles. The molecule has 6 heteroatoms. The number of piperidine rings is 1. The van der Waals surface area contributed by atoms with Crippen molar-refractivity contribution in [2.45, 2.75) is 36.6 Å². The van der Waals surface area contributed by atoms with E-state index < -0.39 is 15.8 Å². The van der Waals surface area contributed by atoms with Crippen LogP contribution in [0.3, 0.4) is 0 Å². The number of halogens is 1. The Hall–Kier alpha value is -0.980. The molecule has 0 spiro atoms. The zero-order valence-corrected chi connectivity index (χ0v) is 12.9. The first kappa shape index (κ1) is 14.9. The average molecular weight is 312 g/mol. The maximum absolute atomic E-state index is 13.2. The van der Waals surface area contributed by atoms with Crippen molar-refractivity contribution in [1.82, 2.24) is 9.21 Å². The molecule has 2 aliphatic rings. The molecule has 0 saturated carbocycles. The summed E-state index contributed by atoms with van der Waals surface area (Å²) in [6.07, 6.45) is 4.24. The third kappa shape index (κ3) is 3.12. The summed E-state index contributed by atoms with van der Waals surface area (Å²) in [5.74, 6) is -0.511. The Bertz CT molecular complexity index is 591. The van der Waals surface area contributed by atoms with Crippen LogP contribution < -0.4 is 0 Å². The summed E-state index contributed by atoms with van der Waals surface area (Å²) < 4.78 is 39.8. The van der Waals surface area contributed by atoms with E-state index in [1.54, 1.807) is 0 Å². The van der Waals surface area contributed by atoms with Gasteiger partial charge in [0, 0.05) is 19.1 Å². The Balaban J connectivity index is 1.68. The van der Waals surface area contributed by atoms with Crippen molar-refractivity contribution in [3.63, 3.8) is 0 Å². The highest BCUT2D eigenvalue weighted by Crippen LogP contribution is 2.25. The fraction of sp³-hybridized carbons (Fsp3) is 0.600. The molecule has 21 heavy (non-hydrogen) atoms. The zero-order chi connectivity index (χ0) is 14.9. The molecule has 0 aromatic heterocycles. The summed E-state index contributed by atoms with van der Waals surface area (Å²) in [6, 6.07) is 5.77. The molecule has 0 bridgehead atoms. The molecule has 4 nitrogen and oxygen atoms in total. The maximum Gasteiger partial charge on any atom is 0.243 e. The monoisotopic (exact) mass is 312 g/mol. The zero-order valence-electron chi connectivity index (χ0n) is 12.0. The van der Waals surface area contributed by atoms with Crippen LogP contribution in [-0.2, 0) is 10.0 Å². The van der Waals surface area contributed by atoms with Crippen molar-refractivity contribution in [3.8, 4) is 0 Å². The van der Waals surface area contributed by atoms with Gasteiger partial charge in [-0.05, 0) is 57.0 Å². The van der Waals surface area contributed by atoms with E-state index in [2.05, 4.69) is 4.90 Å². The largest absolute Gasteiger partial charge is 0.300 e. The van der Waals surface area contributed by atoms with Crippen LogP contribution in [0, 0.1) is 5.82 Å². The van der Waals surface area contributed by atoms with Crippen LogP contribution in [-0.4, -0.2) is 49.8 Å². The molecule has 1 aromatic carbocycles. The quantitative estimate of drug-likeness (QED) is 0.858. The van der Waals surface area contributed by atoms with Gasteiger partial charge in [-0.15, -0.1) is 0 Å². The second-order valence-corrected chi connectivity index (χ2v) is 7.77. The van der Waals surface area contributed by atoms with Gasteiger partial charge in [-0.25, -0.2) is 12.8 Å². The Morgan fingerprint density at radius 3 is 2.33 bits per heavy atom. The molecule has 0 atom stereocenters. The molecule has 0 aliphatic carbocycles. The lowest BCUT2D eigenvalue weighted by molar-refractivity contribution is 0.168. The Morgan fingerprint density at radius 1 is 1.05 bits per heavy atom. The molecule has 0 unspecified atom stereocenters. The number of hydrogen-bond acceptors (Lipinski definition) is 3. The number of nitrogens with zero attached hydrogens (tertiary/aromatic N) is 2. The first-order chi connectivity index (χ1) is 10.1. The molecule has 0 radical (unpaired) electrons. The first-order valence-corrected chi connectivity index (χ1v) is 9.01. The Kier molecular flexibility index (Phi) is 4.28. The third-order valence-electron chi connectivity index (χ3n) is 4.51. The van der Waals surface area contributed by atoms with Crippen LogP contribution in [0.5, 0.6) is 0 Å². The van der Waals surface area contributed by atoms with Gasteiger partial charge in [0.15, 0.2) is 0 Å². The van der Waals surface area contributed by atoms with Gasteiger partial charge in [-0.2, -0.15) is 4.31 Å². The van der Waals surface area contributed by atoms with Crippen LogP contribution in [0.15, 0.2) is 29.2 Å². The molecular formula is C15H21FN2O2S. The van der Waals surface area contributed by atoms with Crippen LogP contribution >= 0.6 is 0 Å². The standard InChI is InChI=1S/C15H21FN2O2S/c16-13-4-3-5-15(12-13)21(19,20)18-10-6-14(7-11-18)17-8-1-2-9-17/h3-5,12,14H,1-2,6-11H2. The second kappa shape index (κ2) is 6.02. The van der Waals surface area contributed by atoms with Crippen LogP contribution in [0.1, 0.15) is 25.7 Å². The van der Waals surface area contributed by atoms with Gasteiger partial charge in [0.05, 0.1) is 4.90 Å². The minimum absolute atomic E-state index is 0.0575. The highest BCUT2D eigenvalue weighted by Gasteiger charge is 2.32. The van der Waals surface area contributed by atoms with E-state index in [-0.39, 0.29) is 4.90 Å². The number of sulfonamides is 1. The smallest absolute Gasteiger partial charge is 0.243 e. The van der Waals surface area contributed by atoms with E-state index in [0.29, 0.717) is 19.1 Å². The van der Waals surface area contributed by atoms with Gasteiger partial charge in [-0.3, -0.25) is 0 Å². The predicted octanol–water partition coefficient (Wildman–Crippen LogP) is 2.07. The van der Waals surface area contributed by atoms with E-state index in [1.165, 1.54) is 35.3 Å². The number of rotatable bonds is 3. The van der Waals surface area contributed by atoms with Crippen molar-refractivity contribution < 1.29 is 12.8 Å². The average Bonchev–Trinajstić information content (AvgIpc) is 3.02. The van der Waals surface area contributed by atoms with Gasteiger partial charge >= 0.3 is 0 Å². The molecule has 0 N–H and O–H groups in total. The van der Waals surface area contributed by atoms with Gasteiger partial charge in [0.1, 0.15) is 5.82 Å². The highest BCUT2D eigenvalue weighted by molar-refractivity contribution is 7.89. The summed E-state index contributed by atoms with van der Waals surface area (Å²) in [6.45, 7) is 3.34. The summed E-state index contributed by atoms with van der Waals surface area (Å²) >= 11 is 0. The molecule has 2 saturated heterocycles. The number of likely N-dealkylation sites (tertiary alicyclic amines) is 1. The minimum Gasteiger partial charge on any atom is -0.300 e. The van der Waals surface area contributed by atoms with Gasteiger partial charge in [-0.1, -0.05) is 6.07 Å². The third-order valence-corrected chi connectivity index (χ3v) is 6.41. The molecule has 1 aromatic rings. The van der Waals surface area contributed by atoms with Crippen molar-refractivity contribution in [3.05, 3.63) is 30.1 Å². The molecule has 0 amide bonds. The van der Waals surface area contributed by atoms with E-state index in [4.69, 9.17) is 0 Å². The summed E-state index contributed by atoms with van der Waals surface area (Å²) in [5, 5.41) is 0. The lowest BCUT2D eigenvalue weighted by Gasteiger charge is -2.36. The Labute approximate surface area is 125 Å².